The number of hydrogen-bond donors (Lipinski definition) is 3. The minimum absolute atomic E-state index is 0.0251. The summed E-state index contributed by atoms with van der Waals surface area (Å²) in [6.45, 7) is 0. The molecule has 1 heterocycles. The third kappa shape index (κ3) is 3.49. The number of phenols is 1. The number of sulfonamides is 1. The van der Waals surface area contributed by atoms with E-state index in [0.717, 1.165) is 11.3 Å². The average Bonchev–Trinajstić information content (AvgIpc) is 2.76. The normalized spacial score (nSPS) is 11.2. The van der Waals surface area contributed by atoms with Crippen LogP contribution in [0.25, 0.3) is 0 Å². The summed E-state index contributed by atoms with van der Waals surface area (Å²) in [5.41, 5.74) is 0.234. The van der Waals surface area contributed by atoms with Gasteiger partial charge in [-0.05, 0) is 24.3 Å². The largest absolute Gasteiger partial charge is 0.508 e. The van der Waals surface area contributed by atoms with Gasteiger partial charge in [-0.2, -0.15) is 0 Å². The second-order valence-corrected chi connectivity index (χ2v) is 7.02. The van der Waals surface area contributed by atoms with Gasteiger partial charge in [0.2, 0.25) is 0 Å². The van der Waals surface area contributed by atoms with Crippen molar-refractivity contribution in [3.63, 3.8) is 0 Å². The number of carboxylic acids is 1. The van der Waals surface area contributed by atoms with E-state index >= 15 is 0 Å². The molecule has 2 aromatic rings. The standard InChI is InChI=1S/C12H11NO5S2/c14-9-3-1-2-8(6-9)13-20(17,18)12-5-4-10(19-12)7-11(15)16/h1-6,13-14H,7H2,(H,15,16). The molecule has 0 aliphatic carbocycles. The van der Waals surface area contributed by atoms with Crippen LogP contribution < -0.4 is 4.72 Å². The molecule has 1 aromatic heterocycles. The predicted molar refractivity (Wildman–Crippen MR) is 74.6 cm³/mol. The van der Waals surface area contributed by atoms with Crippen LogP contribution in [-0.4, -0.2) is 24.6 Å². The Kier molecular flexibility index (Phi) is 3.96. The second-order valence-electron chi connectivity index (χ2n) is 3.95. The fourth-order valence-corrected chi connectivity index (χ4v) is 3.92. The molecule has 0 bridgehead atoms. The third-order valence-corrected chi connectivity index (χ3v) is 5.28. The zero-order chi connectivity index (χ0) is 14.8. The minimum atomic E-state index is -3.78. The van der Waals surface area contributed by atoms with Gasteiger partial charge in [0, 0.05) is 10.9 Å². The summed E-state index contributed by atoms with van der Waals surface area (Å²) in [6.07, 6.45) is -0.216. The van der Waals surface area contributed by atoms with Gasteiger partial charge in [-0.3, -0.25) is 9.52 Å². The number of phenolic OH excluding ortho intramolecular Hbond substituents is 1. The molecule has 106 valence electrons. The first-order valence-corrected chi connectivity index (χ1v) is 7.79. The zero-order valence-electron chi connectivity index (χ0n) is 10.1. The molecule has 8 heteroatoms. The Morgan fingerprint density at radius 3 is 2.65 bits per heavy atom. The van der Waals surface area contributed by atoms with E-state index in [1.807, 2.05) is 0 Å². The van der Waals surface area contributed by atoms with E-state index in [2.05, 4.69) is 4.72 Å². The van der Waals surface area contributed by atoms with Crippen LogP contribution in [0.15, 0.2) is 40.6 Å². The first kappa shape index (κ1) is 14.4. The minimum Gasteiger partial charge on any atom is -0.508 e. The lowest BCUT2D eigenvalue weighted by atomic mass is 10.3. The first-order chi connectivity index (χ1) is 9.37. The number of nitrogens with one attached hydrogen (secondary N) is 1. The van der Waals surface area contributed by atoms with Gasteiger partial charge in [0.15, 0.2) is 0 Å². The highest BCUT2D eigenvalue weighted by Crippen LogP contribution is 2.25. The van der Waals surface area contributed by atoms with Gasteiger partial charge in [0.25, 0.3) is 10.0 Å². The zero-order valence-corrected chi connectivity index (χ0v) is 11.7. The Hall–Kier alpha value is -2.06. The maximum Gasteiger partial charge on any atom is 0.308 e. The number of rotatable bonds is 5. The molecule has 0 spiro atoms. The molecule has 0 atom stereocenters. The summed E-state index contributed by atoms with van der Waals surface area (Å²) in [5, 5.41) is 17.9. The van der Waals surface area contributed by atoms with Crippen LogP contribution in [-0.2, 0) is 21.2 Å². The number of carboxylic acid groups (broad SMARTS) is 1. The third-order valence-electron chi connectivity index (χ3n) is 2.33. The van der Waals surface area contributed by atoms with Gasteiger partial charge in [-0.1, -0.05) is 6.07 Å². The summed E-state index contributed by atoms with van der Waals surface area (Å²) in [4.78, 5) is 11.0. The lowest BCUT2D eigenvalue weighted by Crippen LogP contribution is -2.11. The van der Waals surface area contributed by atoms with E-state index in [9.17, 15) is 18.3 Å². The van der Waals surface area contributed by atoms with Crippen molar-refractivity contribution in [3.05, 3.63) is 41.3 Å². The Morgan fingerprint density at radius 2 is 2.00 bits per heavy atom. The lowest BCUT2D eigenvalue weighted by molar-refractivity contribution is -0.136. The topological polar surface area (TPSA) is 104 Å². The van der Waals surface area contributed by atoms with Crippen LogP contribution in [0, 0.1) is 0 Å². The summed E-state index contributed by atoms with van der Waals surface area (Å²) in [7, 11) is -3.78. The average molecular weight is 313 g/mol. The molecule has 0 fully saturated rings. The highest BCUT2D eigenvalue weighted by Gasteiger charge is 2.18. The van der Waals surface area contributed by atoms with E-state index in [0.29, 0.717) is 4.88 Å². The van der Waals surface area contributed by atoms with Gasteiger partial charge in [0.05, 0.1) is 12.1 Å². The van der Waals surface area contributed by atoms with E-state index in [-0.39, 0.29) is 22.1 Å². The molecule has 0 aliphatic heterocycles. The summed E-state index contributed by atoms with van der Waals surface area (Å²) < 4.78 is 26.5. The Morgan fingerprint density at radius 1 is 1.25 bits per heavy atom. The highest BCUT2D eigenvalue weighted by atomic mass is 32.2. The molecule has 2 rings (SSSR count). The molecule has 3 N–H and O–H groups in total. The Bertz CT molecular complexity index is 736. The Labute approximate surface area is 119 Å². The SMILES string of the molecule is O=C(O)Cc1ccc(S(=O)(=O)Nc2cccc(O)c2)s1. The molecular formula is C12H11NO5S2. The monoisotopic (exact) mass is 313 g/mol. The molecule has 0 amide bonds. The van der Waals surface area contributed by atoms with Crippen molar-refractivity contribution in [1.29, 1.82) is 0 Å². The molecule has 0 aliphatic rings. The molecule has 0 saturated heterocycles. The van der Waals surface area contributed by atoms with Gasteiger partial charge in [-0.15, -0.1) is 11.3 Å². The number of anilines is 1. The fourth-order valence-electron chi connectivity index (χ4n) is 1.52. The van der Waals surface area contributed by atoms with E-state index in [4.69, 9.17) is 5.11 Å². The van der Waals surface area contributed by atoms with Gasteiger partial charge < -0.3 is 10.2 Å². The first-order valence-electron chi connectivity index (χ1n) is 5.49. The van der Waals surface area contributed by atoms with Crippen molar-refractivity contribution in [1.82, 2.24) is 0 Å². The molecular weight excluding hydrogens is 302 g/mol. The van der Waals surface area contributed by atoms with Gasteiger partial charge >= 0.3 is 5.97 Å². The van der Waals surface area contributed by atoms with Crippen molar-refractivity contribution in [2.45, 2.75) is 10.6 Å². The lowest BCUT2D eigenvalue weighted by Gasteiger charge is -2.06. The molecule has 0 unspecified atom stereocenters. The molecule has 0 saturated carbocycles. The molecule has 6 nitrogen and oxygen atoms in total. The number of aromatic hydroxyl groups is 1. The smallest absolute Gasteiger partial charge is 0.308 e. The van der Waals surface area contributed by atoms with Crippen LogP contribution >= 0.6 is 11.3 Å². The highest BCUT2D eigenvalue weighted by molar-refractivity contribution is 7.94. The van der Waals surface area contributed by atoms with Crippen molar-refractivity contribution in [2.24, 2.45) is 0 Å². The second kappa shape index (κ2) is 5.51. The van der Waals surface area contributed by atoms with E-state index in [1.54, 1.807) is 0 Å². The van der Waals surface area contributed by atoms with Crippen molar-refractivity contribution < 1.29 is 23.4 Å². The van der Waals surface area contributed by atoms with E-state index < -0.39 is 16.0 Å². The number of aliphatic carboxylic acids is 1. The quantitative estimate of drug-likeness (QED) is 0.782. The number of benzene rings is 1. The van der Waals surface area contributed by atoms with Crippen molar-refractivity contribution in [3.8, 4) is 5.75 Å². The van der Waals surface area contributed by atoms with Gasteiger partial charge in [-0.25, -0.2) is 8.42 Å². The number of thiophene rings is 1. The predicted octanol–water partition coefficient (Wildman–Crippen LogP) is 1.88. The van der Waals surface area contributed by atoms with Crippen LogP contribution in [0.1, 0.15) is 4.88 Å². The summed E-state index contributed by atoms with van der Waals surface area (Å²) in [5.74, 6) is -1.07. The number of carbonyl (C=O) groups is 1. The summed E-state index contributed by atoms with van der Waals surface area (Å²) in [6, 6.07) is 8.54. The van der Waals surface area contributed by atoms with Crippen molar-refractivity contribution in [2.75, 3.05) is 4.72 Å². The van der Waals surface area contributed by atoms with Crippen LogP contribution in [0.3, 0.4) is 0 Å². The summed E-state index contributed by atoms with van der Waals surface area (Å²) >= 11 is 0.898. The van der Waals surface area contributed by atoms with Crippen molar-refractivity contribution >= 4 is 33.0 Å². The maximum atomic E-state index is 12.1. The maximum absolute atomic E-state index is 12.1. The van der Waals surface area contributed by atoms with Crippen LogP contribution in [0.4, 0.5) is 5.69 Å². The Balaban J connectivity index is 2.22. The van der Waals surface area contributed by atoms with Gasteiger partial charge in [0.1, 0.15) is 9.96 Å². The van der Waals surface area contributed by atoms with E-state index in [1.165, 1.54) is 36.4 Å². The van der Waals surface area contributed by atoms with Crippen LogP contribution in [0.2, 0.25) is 0 Å². The fraction of sp³-hybridized carbons (Fsp3) is 0.0833. The molecule has 0 radical (unpaired) electrons. The number of hydrogen-bond acceptors (Lipinski definition) is 5. The molecule has 1 aromatic carbocycles. The molecule has 20 heavy (non-hydrogen) atoms. The van der Waals surface area contributed by atoms with Crippen LogP contribution in [0.5, 0.6) is 5.75 Å².